The zero-order valence-corrected chi connectivity index (χ0v) is 12.9. The molecule has 2 N–H and O–H groups in total. The zero-order chi connectivity index (χ0) is 14.8. The van der Waals surface area contributed by atoms with Crippen molar-refractivity contribution in [3.8, 4) is 5.88 Å². The highest BCUT2D eigenvalue weighted by molar-refractivity contribution is 7.98. The van der Waals surface area contributed by atoms with Gasteiger partial charge in [-0.1, -0.05) is 11.6 Å². The topological polar surface area (TPSA) is 48.4 Å². The van der Waals surface area contributed by atoms with E-state index in [1.165, 1.54) is 4.90 Å². The first-order valence-electron chi connectivity index (χ1n) is 6.35. The van der Waals surface area contributed by atoms with Gasteiger partial charge in [-0.3, -0.25) is 4.99 Å². The van der Waals surface area contributed by atoms with E-state index < -0.39 is 0 Å². The average Bonchev–Trinajstić information content (AvgIpc) is 2.80. The number of aromatic amines is 1. The number of halogens is 1. The molecule has 106 valence electrons. The molecule has 3 rings (SSSR count). The second-order valence-electron chi connectivity index (χ2n) is 4.53. The molecule has 0 aliphatic carbocycles. The van der Waals surface area contributed by atoms with E-state index in [0.29, 0.717) is 10.6 Å². The molecule has 0 aliphatic rings. The van der Waals surface area contributed by atoms with Gasteiger partial charge in [0.25, 0.3) is 0 Å². The molecule has 0 saturated carbocycles. The smallest absolute Gasteiger partial charge is 0.198 e. The maximum absolute atomic E-state index is 9.99. The molecule has 0 fully saturated rings. The molecule has 0 spiro atoms. The molecular weight excluding hydrogens is 304 g/mol. The maximum Gasteiger partial charge on any atom is 0.198 e. The van der Waals surface area contributed by atoms with E-state index in [9.17, 15) is 5.11 Å². The van der Waals surface area contributed by atoms with Crippen LogP contribution in [-0.4, -0.2) is 22.6 Å². The van der Waals surface area contributed by atoms with Crippen LogP contribution in [0.5, 0.6) is 5.88 Å². The normalized spacial score (nSPS) is 11.5. The van der Waals surface area contributed by atoms with Crippen LogP contribution in [-0.2, 0) is 0 Å². The van der Waals surface area contributed by atoms with Crippen LogP contribution in [0.4, 0.5) is 5.69 Å². The minimum absolute atomic E-state index is 0.0942. The first kappa shape index (κ1) is 14.0. The van der Waals surface area contributed by atoms with E-state index in [4.69, 9.17) is 11.6 Å². The number of aromatic hydroxyl groups is 1. The lowest BCUT2D eigenvalue weighted by atomic mass is 10.2. The number of nitrogens with zero attached hydrogens (tertiary/aromatic N) is 1. The van der Waals surface area contributed by atoms with Gasteiger partial charge in [-0.2, -0.15) is 0 Å². The maximum atomic E-state index is 9.99. The molecule has 5 heteroatoms. The van der Waals surface area contributed by atoms with Crippen LogP contribution >= 0.6 is 23.4 Å². The van der Waals surface area contributed by atoms with E-state index >= 15 is 0 Å². The number of H-pyrrole nitrogens is 1. The van der Waals surface area contributed by atoms with Crippen LogP contribution in [0.2, 0.25) is 5.02 Å². The molecule has 0 unspecified atom stereocenters. The Labute approximate surface area is 131 Å². The second kappa shape index (κ2) is 5.84. The molecule has 1 heterocycles. The highest BCUT2D eigenvalue weighted by Gasteiger charge is 2.09. The van der Waals surface area contributed by atoms with Gasteiger partial charge in [-0.25, -0.2) is 0 Å². The number of thioether (sulfide) groups is 1. The Morgan fingerprint density at radius 2 is 1.95 bits per heavy atom. The van der Waals surface area contributed by atoms with E-state index in [1.54, 1.807) is 24.0 Å². The van der Waals surface area contributed by atoms with Crippen molar-refractivity contribution in [3.05, 3.63) is 53.1 Å². The van der Waals surface area contributed by atoms with Gasteiger partial charge in [0.05, 0.1) is 11.3 Å². The fraction of sp³-hybridized carbons (Fsp3) is 0.0625. The third kappa shape index (κ3) is 2.91. The van der Waals surface area contributed by atoms with Gasteiger partial charge in [0.2, 0.25) is 0 Å². The summed E-state index contributed by atoms with van der Waals surface area (Å²) in [7, 11) is 0. The minimum Gasteiger partial charge on any atom is -0.494 e. The summed E-state index contributed by atoms with van der Waals surface area (Å²) in [5, 5.41) is 11.5. The standard InChI is InChI=1S/C16H13ClN2OS/c1-21-12-5-3-11(4-6-12)18-9-14-13-8-10(17)2-7-15(13)19-16(14)20/h2-9,19-20H,1H3. The summed E-state index contributed by atoms with van der Waals surface area (Å²) < 4.78 is 0. The van der Waals surface area contributed by atoms with Gasteiger partial charge in [0.15, 0.2) is 5.88 Å². The summed E-state index contributed by atoms with van der Waals surface area (Å²) in [6.07, 6.45) is 3.69. The largest absolute Gasteiger partial charge is 0.494 e. The predicted molar refractivity (Wildman–Crippen MR) is 90.5 cm³/mol. The van der Waals surface area contributed by atoms with Crippen molar-refractivity contribution in [2.75, 3.05) is 6.26 Å². The van der Waals surface area contributed by atoms with Crippen LogP contribution < -0.4 is 0 Å². The Kier molecular flexibility index (Phi) is 3.90. The second-order valence-corrected chi connectivity index (χ2v) is 5.85. The summed E-state index contributed by atoms with van der Waals surface area (Å²) in [6.45, 7) is 0. The summed E-state index contributed by atoms with van der Waals surface area (Å²) in [5.74, 6) is 0.0942. The average molecular weight is 317 g/mol. The molecule has 3 aromatic rings. The number of hydrogen-bond acceptors (Lipinski definition) is 3. The molecule has 0 saturated heterocycles. The molecule has 0 atom stereocenters. The van der Waals surface area contributed by atoms with Gasteiger partial charge < -0.3 is 10.1 Å². The van der Waals surface area contributed by atoms with Crippen molar-refractivity contribution in [1.82, 2.24) is 4.98 Å². The number of aromatic nitrogens is 1. The summed E-state index contributed by atoms with van der Waals surface area (Å²) in [5.41, 5.74) is 2.31. The number of rotatable bonds is 3. The molecule has 0 radical (unpaired) electrons. The first-order chi connectivity index (χ1) is 10.2. The van der Waals surface area contributed by atoms with E-state index in [0.717, 1.165) is 16.6 Å². The van der Waals surface area contributed by atoms with Crippen molar-refractivity contribution in [2.45, 2.75) is 4.90 Å². The summed E-state index contributed by atoms with van der Waals surface area (Å²) in [4.78, 5) is 8.51. The van der Waals surface area contributed by atoms with Crippen LogP contribution in [0.15, 0.2) is 52.4 Å². The van der Waals surface area contributed by atoms with Crippen LogP contribution in [0.1, 0.15) is 5.56 Å². The third-order valence-corrected chi connectivity index (χ3v) is 4.17. The monoisotopic (exact) mass is 316 g/mol. The van der Waals surface area contributed by atoms with Crippen molar-refractivity contribution >= 4 is 46.2 Å². The number of benzene rings is 2. The molecule has 1 aromatic heterocycles. The van der Waals surface area contributed by atoms with Gasteiger partial charge in [0.1, 0.15) is 0 Å². The lowest BCUT2D eigenvalue weighted by Crippen LogP contribution is -1.79. The Morgan fingerprint density at radius 1 is 1.19 bits per heavy atom. The van der Waals surface area contributed by atoms with E-state index in [-0.39, 0.29) is 5.88 Å². The van der Waals surface area contributed by atoms with E-state index in [1.807, 2.05) is 42.7 Å². The molecule has 0 bridgehead atoms. The third-order valence-electron chi connectivity index (χ3n) is 3.20. The van der Waals surface area contributed by atoms with Crippen molar-refractivity contribution in [3.63, 3.8) is 0 Å². The Hall–Kier alpha value is -1.91. The van der Waals surface area contributed by atoms with Gasteiger partial charge in [0, 0.05) is 27.0 Å². The molecule has 3 nitrogen and oxygen atoms in total. The molecule has 2 aromatic carbocycles. The predicted octanol–water partition coefficient (Wildman–Crippen LogP) is 5.00. The highest BCUT2D eigenvalue weighted by Crippen LogP contribution is 2.28. The highest BCUT2D eigenvalue weighted by atomic mass is 35.5. The lowest BCUT2D eigenvalue weighted by Gasteiger charge is -1.97. The van der Waals surface area contributed by atoms with Gasteiger partial charge in [-0.15, -0.1) is 11.8 Å². The minimum atomic E-state index is 0.0942. The molecule has 0 amide bonds. The Balaban J connectivity index is 1.98. The quantitative estimate of drug-likeness (QED) is 0.527. The molecule has 21 heavy (non-hydrogen) atoms. The number of aliphatic imine (C=N–C) groups is 1. The first-order valence-corrected chi connectivity index (χ1v) is 7.96. The molecular formula is C16H13ClN2OS. The van der Waals surface area contributed by atoms with Crippen molar-refractivity contribution in [1.29, 1.82) is 0 Å². The SMILES string of the molecule is CSc1ccc(N=Cc2c(O)[nH]c3ccc(Cl)cc23)cc1. The van der Waals surface area contributed by atoms with Gasteiger partial charge >= 0.3 is 0 Å². The Morgan fingerprint density at radius 3 is 2.67 bits per heavy atom. The van der Waals surface area contributed by atoms with Crippen LogP contribution in [0.3, 0.4) is 0 Å². The van der Waals surface area contributed by atoms with Crippen LogP contribution in [0, 0.1) is 0 Å². The number of nitrogens with one attached hydrogen (secondary N) is 1. The summed E-state index contributed by atoms with van der Waals surface area (Å²) in [6, 6.07) is 13.4. The van der Waals surface area contributed by atoms with Crippen molar-refractivity contribution < 1.29 is 5.11 Å². The molecule has 0 aliphatic heterocycles. The van der Waals surface area contributed by atoms with Gasteiger partial charge in [-0.05, 0) is 48.7 Å². The summed E-state index contributed by atoms with van der Waals surface area (Å²) >= 11 is 7.70. The van der Waals surface area contributed by atoms with Crippen LogP contribution in [0.25, 0.3) is 10.9 Å². The van der Waals surface area contributed by atoms with Crippen molar-refractivity contribution in [2.24, 2.45) is 4.99 Å². The Bertz CT molecular complexity index is 809. The number of fused-ring (bicyclic) bond motifs is 1. The van der Waals surface area contributed by atoms with E-state index in [2.05, 4.69) is 9.98 Å². The zero-order valence-electron chi connectivity index (χ0n) is 11.3. The fourth-order valence-corrected chi connectivity index (χ4v) is 2.69. The fourth-order valence-electron chi connectivity index (χ4n) is 2.11. The number of hydrogen-bond donors (Lipinski definition) is 2. The lowest BCUT2D eigenvalue weighted by molar-refractivity contribution is 0.457.